The average Bonchev–Trinajstić information content (AvgIpc) is 2.91. The highest BCUT2D eigenvalue weighted by Gasteiger charge is 2.32. The molecule has 0 aromatic heterocycles. The van der Waals surface area contributed by atoms with E-state index in [1.54, 1.807) is 33.5 Å². The maximum Gasteiger partial charge on any atom is 0.269 e. The number of non-ortho nitro benzene ring substituents is 1. The van der Waals surface area contributed by atoms with Crippen molar-refractivity contribution in [1.82, 2.24) is 4.90 Å². The molecule has 36 heavy (non-hydrogen) atoms. The summed E-state index contributed by atoms with van der Waals surface area (Å²) < 4.78 is 22.7. The molecule has 0 spiro atoms. The number of nitro benzene ring substituents is 1. The van der Waals surface area contributed by atoms with Gasteiger partial charge in [-0.05, 0) is 66.2 Å². The number of hydrogen-bond acceptors (Lipinski definition) is 7. The summed E-state index contributed by atoms with van der Waals surface area (Å²) in [4.78, 5) is 12.6. The summed E-state index contributed by atoms with van der Waals surface area (Å²) in [5.74, 6) is 2.55. The Balaban J connectivity index is 1.64. The van der Waals surface area contributed by atoms with E-state index in [0.717, 1.165) is 17.5 Å². The highest BCUT2D eigenvalue weighted by Crippen LogP contribution is 2.39. The van der Waals surface area contributed by atoms with Gasteiger partial charge in [0, 0.05) is 24.4 Å². The van der Waals surface area contributed by atoms with E-state index in [1.807, 2.05) is 36.4 Å². The van der Waals surface area contributed by atoms with Crippen molar-refractivity contribution in [2.45, 2.75) is 12.5 Å². The van der Waals surface area contributed by atoms with Crippen LogP contribution in [0.1, 0.15) is 17.2 Å². The number of fused-ring (bicyclic) bond motifs is 1. The molecule has 9 nitrogen and oxygen atoms in total. The first-order chi connectivity index (χ1) is 17.4. The van der Waals surface area contributed by atoms with Crippen LogP contribution in [0.15, 0.2) is 60.7 Å². The van der Waals surface area contributed by atoms with Gasteiger partial charge in [0.1, 0.15) is 6.61 Å². The van der Waals surface area contributed by atoms with Gasteiger partial charge in [-0.1, -0.05) is 12.1 Å². The van der Waals surface area contributed by atoms with Crippen molar-refractivity contribution in [3.63, 3.8) is 0 Å². The first-order valence-corrected chi connectivity index (χ1v) is 11.7. The van der Waals surface area contributed by atoms with Crippen LogP contribution in [0.4, 0.5) is 11.4 Å². The molecule has 0 unspecified atom stereocenters. The fourth-order valence-electron chi connectivity index (χ4n) is 4.22. The van der Waals surface area contributed by atoms with Gasteiger partial charge < -0.3 is 29.2 Å². The first-order valence-electron chi connectivity index (χ1n) is 11.3. The monoisotopic (exact) mass is 509 g/mol. The van der Waals surface area contributed by atoms with Crippen molar-refractivity contribution in [2.75, 3.05) is 39.8 Å². The zero-order valence-electron chi connectivity index (χ0n) is 20.2. The Morgan fingerprint density at radius 3 is 2.28 bits per heavy atom. The van der Waals surface area contributed by atoms with Gasteiger partial charge >= 0.3 is 0 Å². The molecule has 1 heterocycles. The molecule has 3 aromatic carbocycles. The van der Waals surface area contributed by atoms with E-state index in [2.05, 4.69) is 10.2 Å². The van der Waals surface area contributed by atoms with Crippen LogP contribution in [0.2, 0.25) is 0 Å². The summed E-state index contributed by atoms with van der Waals surface area (Å²) in [6.45, 7) is 0.937. The minimum absolute atomic E-state index is 0.0162. The second kappa shape index (κ2) is 11.1. The standard InChI is InChI=1S/C26H27N3O6S/c1-32-22-6-4-5-7-23(22)35-16-21-20-15-25(34-3)24(33-2)14-17(20)12-13-28(21)26(36)27-18-8-10-19(11-9-18)29(30)31/h4-11,14-15,21H,12-13,16H2,1-3H3,(H,27,36)/t21-/m1/s1. The molecule has 188 valence electrons. The van der Waals surface area contributed by atoms with Crippen LogP contribution in [0, 0.1) is 10.1 Å². The largest absolute Gasteiger partial charge is 0.493 e. The normalized spacial score (nSPS) is 14.4. The quantitative estimate of drug-likeness (QED) is 0.256. The van der Waals surface area contributed by atoms with Gasteiger partial charge in [0.15, 0.2) is 28.1 Å². The number of nitro groups is 1. The SMILES string of the molecule is COc1cc2c(cc1OC)[C@@H](COc1ccccc1OC)N(C(=S)Nc1ccc([N+](=O)[O-])cc1)CC2. The lowest BCUT2D eigenvalue weighted by atomic mass is 9.92. The first kappa shape index (κ1) is 25.1. The molecule has 1 aliphatic rings. The lowest BCUT2D eigenvalue weighted by Gasteiger charge is -2.39. The van der Waals surface area contributed by atoms with E-state index in [9.17, 15) is 10.1 Å². The maximum atomic E-state index is 11.0. The molecule has 1 aliphatic heterocycles. The number of thiocarbonyl (C=S) groups is 1. The van der Waals surface area contributed by atoms with E-state index in [4.69, 9.17) is 31.2 Å². The maximum absolute atomic E-state index is 11.0. The van der Waals surface area contributed by atoms with Crippen LogP contribution in [-0.2, 0) is 6.42 Å². The van der Waals surface area contributed by atoms with Crippen LogP contribution in [0.5, 0.6) is 23.0 Å². The Morgan fingerprint density at radius 1 is 1.00 bits per heavy atom. The highest BCUT2D eigenvalue weighted by atomic mass is 32.1. The molecule has 10 heteroatoms. The van der Waals surface area contributed by atoms with Gasteiger partial charge in [-0.15, -0.1) is 0 Å². The van der Waals surface area contributed by atoms with Crippen molar-refractivity contribution < 1.29 is 23.9 Å². The number of nitrogens with one attached hydrogen (secondary N) is 1. The molecule has 0 saturated heterocycles. The molecule has 0 fully saturated rings. The zero-order chi connectivity index (χ0) is 25.7. The number of methoxy groups -OCH3 is 3. The second-order valence-corrected chi connectivity index (χ2v) is 8.45. The molecule has 0 amide bonds. The Hall–Kier alpha value is -4.05. The smallest absolute Gasteiger partial charge is 0.269 e. The fraction of sp³-hybridized carbons (Fsp3) is 0.269. The summed E-state index contributed by atoms with van der Waals surface area (Å²) in [7, 11) is 4.82. The van der Waals surface area contributed by atoms with E-state index >= 15 is 0 Å². The third-order valence-corrected chi connectivity index (χ3v) is 6.40. The second-order valence-electron chi connectivity index (χ2n) is 8.06. The third kappa shape index (κ3) is 5.28. The van der Waals surface area contributed by atoms with Crippen molar-refractivity contribution in [3.8, 4) is 23.0 Å². The Bertz CT molecular complexity index is 1250. The predicted octanol–water partition coefficient (Wildman–Crippen LogP) is 5.00. The molecule has 0 bridgehead atoms. The van der Waals surface area contributed by atoms with Crippen LogP contribution in [0.25, 0.3) is 0 Å². The minimum Gasteiger partial charge on any atom is -0.493 e. The third-order valence-electron chi connectivity index (χ3n) is 6.06. The molecule has 0 radical (unpaired) electrons. The lowest BCUT2D eigenvalue weighted by molar-refractivity contribution is -0.384. The molecule has 1 N–H and O–H groups in total. The van der Waals surface area contributed by atoms with E-state index in [1.165, 1.54) is 12.1 Å². The fourth-order valence-corrected chi connectivity index (χ4v) is 4.56. The van der Waals surface area contributed by atoms with Crippen molar-refractivity contribution in [3.05, 3.63) is 81.9 Å². The minimum atomic E-state index is -0.434. The van der Waals surface area contributed by atoms with Gasteiger partial charge in [-0.2, -0.15) is 0 Å². The lowest BCUT2D eigenvalue weighted by Crippen LogP contribution is -2.44. The number of rotatable bonds is 8. The van der Waals surface area contributed by atoms with Crippen molar-refractivity contribution in [2.24, 2.45) is 0 Å². The number of benzene rings is 3. The predicted molar refractivity (Wildman–Crippen MR) is 141 cm³/mol. The van der Waals surface area contributed by atoms with Crippen molar-refractivity contribution >= 4 is 28.7 Å². The Morgan fingerprint density at radius 2 is 1.64 bits per heavy atom. The summed E-state index contributed by atoms with van der Waals surface area (Å²) in [5.41, 5.74) is 2.81. The Kier molecular flexibility index (Phi) is 7.74. The zero-order valence-corrected chi connectivity index (χ0v) is 21.0. The molecule has 0 aliphatic carbocycles. The number of nitrogens with zero attached hydrogens (tertiary/aromatic N) is 2. The van der Waals surface area contributed by atoms with Crippen LogP contribution in [-0.4, -0.2) is 49.4 Å². The van der Waals surface area contributed by atoms with Crippen molar-refractivity contribution in [1.29, 1.82) is 0 Å². The van der Waals surface area contributed by atoms with Gasteiger partial charge in [-0.25, -0.2) is 0 Å². The molecule has 1 atom stereocenters. The molecular formula is C26H27N3O6S. The average molecular weight is 510 g/mol. The summed E-state index contributed by atoms with van der Waals surface area (Å²) in [6.07, 6.45) is 0.739. The topological polar surface area (TPSA) is 95.3 Å². The van der Waals surface area contributed by atoms with Gasteiger partial charge in [0.2, 0.25) is 0 Å². The molecule has 3 aromatic rings. The van der Waals surface area contributed by atoms with E-state index in [0.29, 0.717) is 46.9 Å². The number of para-hydroxylation sites is 2. The highest BCUT2D eigenvalue weighted by molar-refractivity contribution is 7.80. The Labute approximate surface area is 214 Å². The molecule has 4 rings (SSSR count). The number of hydrogen-bond donors (Lipinski definition) is 1. The van der Waals surface area contributed by atoms with Gasteiger partial charge in [0.05, 0.1) is 32.3 Å². The summed E-state index contributed by atoms with van der Waals surface area (Å²) >= 11 is 5.78. The summed E-state index contributed by atoms with van der Waals surface area (Å²) in [6, 6.07) is 17.3. The van der Waals surface area contributed by atoms with Gasteiger partial charge in [-0.3, -0.25) is 10.1 Å². The molecule has 0 saturated carbocycles. The van der Waals surface area contributed by atoms with Crippen LogP contribution in [0.3, 0.4) is 0 Å². The van der Waals surface area contributed by atoms with E-state index < -0.39 is 4.92 Å². The summed E-state index contributed by atoms with van der Waals surface area (Å²) in [5, 5.41) is 14.7. The number of anilines is 1. The van der Waals surface area contributed by atoms with Crippen LogP contribution >= 0.6 is 12.2 Å². The number of ether oxygens (including phenoxy) is 4. The van der Waals surface area contributed by atoms with Gasteiger partial charge in [0.25, 0.3) is 5.69 Å². The van der Waals surface area contributed by atoms with E-state index in [-0.39, 0.29) is 11.7 Å². The van der Waals surface area contributed by atoms with Crippen LogP contribution < -0.4 is 24.3 Å². The molecular weight excluding hydrogens is 482 g/mol.